The van der Waals surface area contributed by atoms with E-state index >= 15 is 0 Å². The van der Waals surface area contributed by atoms with E-state index in [4.69, 9.17) is 0 Å². The lowest BCUT2D eigenvalue weighted by Crippen LogP contribution is -2.14. The molecular weight excluding hydrogens is 368 g/mol. The molecule has 0 radical (unpaired) electrons. The van der Waals surface area contributed by atoms with E-state index in [1.807, 2.05) is 48.5 Å². The molecule has 2 aromatic heterocycles. The molecule has 0 saturated carbocycles. The molecule has 1 aromatic carbocycles. The number of nitrogens with zero attached hydrogens (tertiary/aromatic N) is 2. The summed E-state index contributed by atoms with van der Waals surface area (Å²) in [5.41, 5.74) is 2.81. The number of aromatic nitrogens is 2. The number of halogens is 1. The molecule has 2 N–H and O–H groups in total. The normalized spacial score (nSPS) is 10.2. The van der Waals surface area contributed by atoms with Crippen molar-refractivity contribution in [3.63, 3.8) is 0 Å². The van der Waals surface area contributed by atoms with Gasteiger partial charge >= 0.3 is 0 Å². The maximum atomic E-state index is 12.3. The van der Waals surface area contributed by atoms with E-state index in [-0.39, 0.29) is 5.91 Å². The average Bonchev–Trinajstić information content (AvgIpc) is 2.63. The quantitative estimate of drug-likeness (QED) is 0.696. The lowest BCUT2D eigenvalue weighted by molar-refractivity contribution is 0.102. The van der Waals surface area contributed by atoms with E-state index in [0.29, 0.717) is 12.2 Å². The third kappa shape index (κ3) is 4.39. The first-order chi connectivity index (χ1) is 11.7. The molecule has 0 spiro atoms. The van der Waals surface area contributed by atoms with Crippen molar-refractivity contribution in [2.75, 3.05) is 10.6 Å². The lowest BCUT2D eigenvalue weighted by Gasteiger charge is -2.08. The van der Waals surface area contributed by atoms with Gasteiger partial charge in [-0.2, -0.15) is 0 Å². The molecule has 1 amide bonds. The third-order valence-electron chi connectivity index (χ3n) is 3.29. The van der Waals surface area contributed by atoms with Crippen LogP contribution in [-0.2, 0) is 6.54 Å². The molecule has 5 nitrogen and oxygen atoms in total. The monoisotopic (exact) mass is 382 g/mol. The van der Waals surface area contributed by atoms with Crippen LogP contribution in [-0.4, -0.2) is 15.9 Å². The summed E-state index contributed by atoms with van der Waals surface area (Å²) in [6.45, 7) is 0.582. The Bertz CT molecular complexity index is 822. The van der Waals surface area contributed by atoms with Gasteiger partial charge in [-0.3, -0.25) is 14.8 Å². The van der Waals surface area contributed by atoms with E-state index in [2.05, 4.69) is 36.5 Å². The number of nitrogens with one attached hydrogen (secondary N) is 2. The average molecular weight is 383 g/mol. The zero-order chi connectivity index (χ0) is 16.8. The van der Waals surface area contributed by atoms with Gasteiger partial charge in [0.05, 0.1) is 12.2 Å². The smallest absolute Gasteiger partial charge is 0.274 e. The maximum Gasteiger partial charge on any atom is 0.274 e. The van der Waals surface area contributed by atoms with Crippen LogP contribution in [0.4, 0.5) is 11.4 Å². The third-order valence-corrected chi connectivity index (χ3v) is 3.82. The van der Waals surface area contributed by atoms with E-state index in [0.717, 1.165) is 21.5 Å². The van der Waals surface area contributed by atoms with Crippen molar-refractivity contribution in [1.29, 1.82) is 0 Å². The van der Waals surface area contributed by atoms with Crippen LogP contribution in [0.3, 0.4) is 0 Å². The Balaban J connectivity index is 1.65. The number of carbonyl (C=O) groups is 1. The fourth-order valence-electron chi connectivity index (χ4n) is 2.09. The van der Waals surface area contributed by atoms with E-state index in [1.54, 1.807) is 18.5 Å². The van der Waals surface area contributed by atoms with Gasteiger partial charge in [-0.15, -0.1) is 0 Å². The van der Waals surface area contributed by atoms with Gasteiger partial charge in [0.1, 0.15) is 5.69 Å². The van der Waals surface area contributed by atoms with Gasteiger partial charge < -0.3 is 10.6 Å². The van der Waals surface area contributed by atoms with Gasteiger partial charge in [-0.05, 0) is 48.5 Å². The predicted molar refractivity (Wildman–Crippen MR) is 97.9 cm³/mol. The standard InChI is InChI=1S/C18H15BrN4O/c19-13-4-6-14(7-5-13)23-18(24)17-11-15(8-10-21-17)22-12-16-3-1-2-9-20-16/h1-11H,12H2,(H,21,22)(H,23,24). The minimum Gasteiger partial charge on any atom is -0.379 e. The first-order valence-electron chi connectivity index (χ1n) is 7.37. The van der Waals surface area contributed by atoms with E-state index in [1.165, 1.54) is 0 Å². The molecule has 0 aliphatic rings. The highest BCUT2D eigenvalue weighted by Gasteiger charge is 2.08. The van der Waals surface area contributed by atoms with Gasteiger partial charge in [0, 0.05) is 28.2 Å². The zero-order valence-electron chi connectivity index (χ0n) is 12.7. The number of benzene rings is 1. The summed E-state index contributed by atoms with van der Waals surface area (Å²) in [5.74, 6) is -0.251. The molecule has 0 fully saturated rings. The van der Waals surface area contributed by atoms with Crippen molar-refractivity contribution in [2.45, 2.75) is 6.54 Å². The molecule has 2 heterocycles. The van der Waals surface area contributed by atoms with Crippen LogP contribution in [0.1, 0.15) is 16.2 Å². The van der Waals surface area contributed by atoms with E-state index < -0.39 is 0 Å². The van der Waals surface area contributed by atoms with Crippen LogP contribution < -0.4 is 10.6 Å². The van der Waals surface area contributed by atoms with Gasteiger partial charge in [-0.1, -0.05) is 22.0 Å². The van der Waals surface area contributed by atoms with Gasteiger partial charge in [-0.25, -0.2) is 0 Å². The zero-order valence-corrected chi connectivity index (χ0v) is 14.3. The first-order valence-corrected chi connectivity index (χ1v) is 8.17. The number of hydrogen-bond acceptors (Lipinski definition) is 4. The van der Waals surface area contributed by atoms with Gasteiger partial charge in [0.25, 0.3) is 5.91 Å². The Kier molecular flexibility index (Phi) is 5.18. The Labute approximate surface area is 148 Å². The largest absolute Gasteiger partial charge is 0.379 e. The van der Waals surface area contributed by atoms with Crippen LogP contribution in [0.2, 0.25) is 0 Å². The molecular formula is C18H15BrN4O. The molecule has 0 bridgehead atoms. The Morgan fingerprint density at radius 3 is 2.54 bits per heavy atom. The van der Waals surface area contributed by atoms with E-state index in [9.17, 15) is 4.79 Å². The van der Waals surface area contributed by atoms with Crippen molar-refractivity contribution < 1.29 is 4.79 Å². The summed E-state index contributed by atoms with van der Waals surface area (Å²) >= 11 is 3.36. The van der Waals surface area contributed by atoms with Crippen LogP contribution in [0.15, 0.2) is 71.5 Å². The van der Waals surface area contributed by atoms with Crippen molar-refractivity contribution >= 4 is 33.2 Å². The highest BCUT2D eigenvalue weighted by Crippen LogP contribution is 2.16. The molecule has 0 atom stereocenters. The summed E-state index contributed by atoms with van der Waals surface area (Å²) in [6.07, 6.45) is 3.36. The summed E-state index contributed by atoms with van der Waals surface area (Å²) in [6, 6.07) is 16.7. The summed E-state index contributed by atoms with van der Waals surface area (Å²) in [4.78, 5) is 20.7. The number of amides is 1. The summed E-state index contributed by atoms with van der Waals surface area (Å²) < 4.78 is 0.958. The van der Waals surface area contributed by atoms with Gasteiger partial charge in [0.2, 0.25) is 0 Å². The number of pyridine rings is 2. The highest BCUT2D eigenvalue weighted by atomic mass is 79.9. The minimum atomic E-state index is -0.251. The minimum absolute atomic E-state index is 0.251. The molecule has 6 heteroatoms. The Hall–Kier alpha value is -2.73. The number of anilines is 2. The molecule has 0 saturated heterocycles. The van der Waals surface area contributed by atoms with Crippen LogP contribution in [0, 0.1) is 0 Å². The molecule has 3 aromatic rings. The van der Waals surface area contributed by atoms with Crippen LogP contribution in [0.5, 0.6) is 0 Å². The molecule has 0 unspecified atom stereocenters. The second-order valence-corrected chi connectivity index (χ2v) is 5.98. The lowest BCUT2D eigenvalue weighted by atomic mass is 10.2. The van der Waals surface area contributed by atoms with Crippen molar-refractivity contribution in [3.8, 4) is 0 Å². The fraction of sp³-hybridized carbons (Fsp3) is 0.0556. The Morgan fingerprint density at radius 1 is 0.958 bits per heavy atom. The SMILES string of the molecule is O=C(Nc1ccc(Br)cc1)c1cc(NCc2ccccn2)ccn1. The van der Waals surface area contributed by atoms with Crippen molar-refractivity contribution in [2.24, 2.45) is 0 Å². The predicted octanol–water partition coefficient (Wildman–Crippen LogP) is 4.10. The molecule has 0 aliphatic carbocycles. The second-order valence-electron chi connectivity index (χ2n) is 5.07. The second kappa shape index (κ2) is 7.70. The van der Waals surface area contributed by atoms with Crippen molar-refractivity contribution in [3.05, 3.63) is 82.9 Å². The Morgan fingerprint density at radius 2 is 1.79 bits per heavy atom. The van der Waals surface area contributed by atoms with Crippen LogP contribution >= 0.6 is 15.9 Å². The summed E-state index contributed by atoms with van der Waals surface area (Å²) in [5, 5.41) is 6.06. The topological polar surface area (TPSA) is 66.9 Å². The van der Waals surface area contributed by atoms with Gasteiger partial charge in [0.15, 0.2) is 0 Å². The number of rotatable bonds is 5. The van der Waals surface area contributed by atoms with Crippen LogP contribution in [0.25, 0.3) is 0 Å². The molecule has 3 rings (SSSR count). The first kappa shape index (κ1) is 16.1. The molecule has 24 heavy (non-hydrogen) atoms. The van der Waals surface area contributed by atoms with Crippen molar-refractivity contribution in [1.82, 2.24) is 9.97 Å². The maximum absolute atomic E-state index is 12.3. The molecule has 120 valence electrons. The fourth-order valence-corrected chi connectivity index (χ4v) is 2.35. The molecule has 0 aliphatic heterocycles. The number of hydrogen-bond donors (Lipinski definition) is 2. The highest BCUT2D eigenvalue weighted by molar-refractivity contribution is 9.10. The number of carbonyl (C=O) groups excluding carboxylic acids is 1. The summed E-state index contributed by atoms with van der Waals surface area (Å²) in [7, 11) is 0.